The van der Waals surface area contributed by atoms with Gasteiger partial charge in [-0.25, -0.2) is 34.5 Å². The summed E-state index contributed by atoms with van der Waals surface area (Å²) in [5, 5.41) is 6.00. The molecule has 0 aliphatic carbocycles. The van der Waals surface area contributed by atoms with Crippen molar-refractivity contribution in [1.29, 1.82) is 0 Å². The number of carbonyl (C=O) groups is 2. The highest BCUT2D eigenvalue weighted by molar-refractivity contribution is 8.32. The molecule has 7 aromatic rings. The van der Waals surface area contributed by atoms with Gasteiger partial charge in [0.1, 0.15) is 18.8 Å². The normalized spacial score (nSPS) is 13.6. The van der Waals surface area contributed by atoms with Crippen molar-refractivity contribution in [3.63, 3.8) is 0 Å². The Labute approximate surface area is 345 Å². The number of hydrogen-bond acceptors (Lipinski definition) is 12. The topological polar surface area (TPSA) is 139 Å². The summed E-state index contributed by atoms with van der Waals surface area (Å²) in [6.07, 6.45) is 12.9. The van der Waals surface area contributed by atoms with Gasteiger partial charge in [-0.15, -0.1) is 11.3 Å². The lowest BCUT2D eigenvalue weighted by Gasteiger charge is -2.29. The van der Waals surface area contributed by atoms with E-state index in [1.165, 1.54) is 29.0 Å². The number of amides is 1. The van der Waals surface area contributed by atoms with Gasteiger partial charge in [0.05, 0.1) is 47.3 Å². The number of nitrogens with zero attached hydrogens (tertiary/aromatic N) is 8. The lowest BCUT2D eigenvalue weighted by atomic mass is 9.95. The number of fused-ring (bicyclic) bond motifs is 3. The molecule has 0 fully saturated rings. The summed E-state index contributed by atoms with van der Waals surface area (Å²) >= 11 is 2.93. The van der Waals surface area contributed by atoms with Crippen LogP contribution in [0.1, 0.15) is 43.8 Å². The van der Waals surface area contributed by atoms with Crippen LogP contribution in [0.15, 0.2) is 90.4 Å². The molecule has 300 valence electrons. The van der Waals surface area contributed by atoms with E-state index in [2.05, 4.69) is 44.8 Å². The average Bonchev–Trinajstić information content (AvgIpc) is 3.94. The predicted molar refractivity (Wildman–Crippen MR) is 231 cm³/mol. The van der Waals surface area contributed by atoms with Crippen LogP contribution in [0.2, 0.25) is 0 Å². The van der Waals surface area contributed by atoms with Gasteiger partial charge in [-0.05, 0) is 73.6 Å². The van der Waals surface area contributed by atoms with Gasteiger partial charge in [0, 0.05) is 48.0 Å². The van der Waals surface area contributed by atoms with Crippen LogP contribution in [0.25, 0.3) is 26.9 Å². The van der Waals surface area contributed by atoms with Gasteiger partial charge in [0.25, 0.3) is 5.91 Å². The van der Waals surface area contributed by atoms with Crippen molar-refractivity contribution in [3.8, 4) is 11.4 Å². The Morgan fingerprint density at radius 2 is 1.84 bits per heavy atom. The second kappa shape index (κ2) is 17.2. The summed E-state index contributed by atoms with van der Waals surface area (Å²) in [6.45, 7) is 4.41. The fraction of sp³-hybridized carbons (Fsp3) is 0.310. The number of anilines is 1. The highest BCUT2D eigenvalue weighted by Crippen LogP contribution is 2.34. The minimum Gasteiger partial charge on any atom is -0.493 e. The van der Waals surface area contributed by atoms with Crippen LogP contribution in [0.3, 0.4) is 0 Å². The fourth-order valence-electron chi connectivity index (χ4n) is 6.72. The van der Waals surface area contributed by atoms with Gasteiger partial charge in [-0.3, -0.25) is 9.36 Å². The first kappa shape index (κ1) is 39.4. The van der Waals surface area contributed by atoms with Gasteiger partial charge in [-0.2, -0.15) is 10.1 Å². The van der Waals surface area contributed by atoms with Crippen LogP contribution in [0, 0.1) is 0 Å². The second-order valence-electron chi connectivity index (χ2n) is 14.6. The van der Waals surface area contributed by atoms with Gasteiger partial charge in [-0.1, -0.05) is 41.7 Å². The van der Waals surface area contributed by atoms with E-state index in [0.29, 0.717) is 72.8 Å². The molecule has 5 heterocycles. The Morgan fingerprint density at radius 3 is 2.71 bits per heavy atom. The van der Waals surface area contributed by atoms with Crippen molar-refractivity contribution in [3.05, 3.63) is 118 Å². The molecule has 0 saturated carbocycles. The lowest BCUT2D eigenvalue weighted by molar-refractivity contribution is 0.0519. The minimum atomic E-state index is -0.693. The molecule has 1 aliphatic heterocycles. The molecular formula is C42H44N8O5S3. The average molecular weight is 837 g/mol. The summed E-state index contributed by atoms with van der Waals surface area (Å²) in [5.41, 5.74) is 5.34. The van der Waals surface area contributed by atoms with Crippen molar-refractivity contribution in [2.75, 3.05) is 55.8 Å². The van der Waals surface area contributed by atoms with Crippen LogP contribution in [0.4, 0.5) is 5.13 Å². The predicted octanol–water partition coefficient (Wildman–Crippen LogP) is 7.06. The van der Waals surface area contributed by atoms with Crippen molar-refractivity contribution in [2.45, 2.75) is 33.0 Å². The van der Waals surface area contributed by atoms with Crippen molar-refractivity contribution in [2.24, 2.45) is 4.99 Å². The minimum absolute atomic E-state index is 0.233. The molecule has 1 aliphatic rings. The Hall–Kier alpha value is -5.42. The molecule has 0 N–H and O–H groups in total. The van der Waals surface area contributed by atoms with Crippen LogP contribution in [-0.2, 0) is 35.6 Å². The van der Waals surface area contributed by atoms with E-state index in [9.17, 15) is 9.59 Å². The number of hydrogen-bond donors (Lipinski definition) is 0. The highest BCUT2D eigenvalue weighted by atomic mass is 32.3. The third-order valence-corrected chi connectivity index (χ3v) is 13.3. The molecule has 58 heavy (non-hydrogen) atoms. The molecule has 0 unspecified atom stereocenters. The molecule has 1 amide bonds. The Bertz CT molecular complexity index is 2680. The Balaban J connectivity index is 1.01. The zero-order valence-electron chi connectivity index (χ0n) is 32.8. The number of rotatable bonds is 14. The van der Waals surface area contributed by atoms with E-state index >= 15 is 0 Å². The molecule has 13 nitrogen and oxygen atoms in total. The van der Waals surface area contributed by atoms with Crippen LogP contribution < -0.4 is 14.4 Å². The molecule has 0 atom stereocenters. The quantitative estimate of drug-likeness (QED) is 0.0827. The molecule has 0 bridgehead atoms. The smallest absolute Gasteiger partial charge is 0.358 e. The Kier molecular flexibility index (Phi) is 11.7. The summed E-state index contributed by atoms with van der Waals surface area (Å²) < 4.78 is 22.5. The third kappa shape index (κ3) is 8.70. The number of ether oxygens (including phenoxy) is 3. The van der Waals surface area contributed by atoms with Crippen LogP contribution >= 0.6 is 32.7 Å². The SMILES string of the molecule is CCOC(=O)c1nc(N2CCc3cccc(C(=O)N=c4sc5ccccc5n4COCCS(C)(C)C)c3C2)sc1CCOc1cccc(-n2ncc3cncnc32)c1. The van der Waals surface area contributed by atoms with Crippen LogP contribution in [0.5, 0.6) is 5.75 Å². The lowest BCUT2D eigenvalue weighted by Crippen LogP contribution is -2.31. The molecule has 3 aromatic carbocycles. The number of thiazole rings is 2. The first-order chi connectivity index (χ1) is 28.1. The Morgan fingerprint density at radius 1 is 0.983 bits per heavy atom. The molecule has 16 heteroatoms. The fourth-order valence-corrected chi connectivity index (χ4v) is 9.41. The third-order valence-electron chi connectivity index (χ3n) is 9.67. The summed E-state index contributed by atoms with van der Waals surface area (Å²) in [6, 6.07) is 21.5. The molecule has 8 rings (SSSR count). The molecular weight excluding hydrogens is 793 g/mol. The maximum absolute atomic E-state index is 14.1. The molecule has 0 spiro atoms. The first-order valence-electron chi connectivity index (χ1n) is 19.0. The van der Waals surface area contributed by atoms with Crippen molar-refractivity contribution in [1.82, 2.24) is 29.3 Å². The number of benzene rings is 3. The summed E-state index contributed by atoms with van der Waals surface area (Å²) in [7, 11) is -0.693. The second-order valence-corrected chi connectivity index (χ2v) is 21.2. The number of para-hydroxylation sites is 1. The zero-order valence-corrected chi connectivity index (χ0v) is 35.2. The molecule has 0 saturated heterocycles. The number of carbonyl (C=O) groups excluding carboxylic acids is 2. The number of aromatic nitrogens is 6. The zero-order chi connectivity index (χ0) is 40.2. The van der Waals surface area contributed by atoms with E-state index < -0.39 is 16.0 Å². The van der Waals surface area contributed by atoms with E-state index in [4.69, 9.17) is 24.2 Å². The monoisotopic (exact) mass is 836 g/mol. The summed E-state index contributed by atoms with van der Waals surface area (Å²) in [4.78, 5) is 48.8. The number of esters is 1. The van der Waals surface area contributed by atoms with Gasteiger partial charge >= 0.3 is 5.97 Å². The first-order valence-corrected chi connectivity index (χ1v) is 23.6. The van der Waals surface area contributed by atoms with E-state index in [1.807, 2.05) is 65.2 Å². The van der Waals surface area contributed by atoms with E-state index in [-0.39, 0.29) is 18.2 Å². The summed E-state index contributed by atoms with van der Waals surface area (Å²) in [5.74, 6) is 0.880. The maximum atomic E-state index is 14.1. The van der Waals surface area contributed by atoms with E-state index in [0.717, 1.165) is 43.0 Å². The highest BCUT2D eigenvalue weighted by Gasteiger charge is 2.27. The van der Waals surface area contributed by atoms with Crippen LogP contribution in [-0.4, -0.2) is 92.1 Å². The van der Waals surface area contributed by atoms with Gasteiger partial charge in [0.15, 0.2) is 21.3 Å². The van der Waals surface area contributed by atoms with Crippen molar-refractivity contribution >= 4 is 71.0 Å². The van der Waals surface area contributed by atoms with Crippen molar-refractivity contribution < 1.29 is 23.8 Å². The van der Waals surface area contributed by atoms with Gasteiger partial charge in [0.2, 0.25) is 0 Å². The largest absolute Gasteiger partial charge is 0.493 e. The molecule has 4 aromatic heterocycles. The van der Waals surface area contributed by atoms with E-state index in [1.54, 1.807) is 24.0 Å². The van der Waals surface area contributed by atoms with Gasteiger partial charge < -0.3 is 19.1 Å². The standard InChI is InChI=1S/C42H44N8O5S3/c1-5-54-40(52)37-36(17-19-55-31-12-9-11-30(22-31)50-38-29(24-45-50)23-43-26-44-38)57-41(46-37)48-18-16-28-10-8-13-32(33(28)25-48)39(51)47-42-49(27-53-20-21-58(2,3)4)34-14-6-7-15-35(34)56-42/h6-15,22-24,26H,5,16-21,25,27H2,1-4H3. The maximum Gasteiger partial charge on any atom is 0.358 e. The molecule has 0 radical (unpaired) electrons.